The standard InChI is InChI=1S/C36H41BrN5O6SSi/c1-36(2,3)33(48-50(4)5)32-27(7-6-8-29(32)42-14-13-23-19-26(37)10-11-30(23)49(42,45)46)25-20-28(34(43)39-22-25)40-31-12-9-24(21-38-31)35(44)41-15-17-47-18-16-41/h6-12,19-22,33H,13-18H2,1-5H3,(H,38,40)(H,39,43). The molecule has 11 nitrogen and oxygen atoms in total. The van der Waals surface area contributed by atoms with Gasteiger partial charge in [0.05, 0.1) is 35.5 Å². The molecule has 2 N–H and O–H groups in total. The van der Waals surface area contributed by atoms with Crippen molar-refractivity contribution in [2.45, 2.75) is 51.3 Å². The Labute approximate surface area is 302 Å². The number of benzene rings is 2. The number of aromatic amines is 1. The summed E-state index contributed by atoms with van der Waals surface area (Å²) in [5, 5.41) is 3.11. The second-order valence-electron chi connectivity index (χ2n) is 13.7. The maximum absolute atomic E-state index is 14.3. The van der Waals surface area contributed by atoms with Gasteiger partial charge in [0.2, 0.25) is 9.04 Å². The van der Waals surface area contributed by atoms with Crippen molar-refractivity contribution in [1.29, 1.82) is 0 Å². The minimum atomic E-state index is -3.90. The summed E-state index contributed by atoms with van der Waals surface area (Å²) in [4.78, 5) is 35.3. The smallest absolute Gasteiger partial charge is 0.271 e. The molecule has 2 aliphatic rings. The molecule has 1 atom stereocenters. The Morgan fingerprint density at radius 3 is 2.52 bits per heavy atom. The third-order valence-electron chi connectivity index (χ3n) is 8.71. The zero-order valence-corrected chi connectivity index (χ0v) is 32.2. The number of carbonyl (C=O) groups is 1. The Balaban J connectivity index is 1.41. The molecule has 4 aromatic rings. The molecular weight excluding hydrogens is 738 g/mol. The number of amides is 1. The van der Waals surface area contributed by atoms with Crippen molar-refractivity contribution in [3.63, 3.8) is 0 Å². The van der Waals surface area contributed by atoms with E-state index in [1.165, 1.54) is 10.5 Å². The predicted molar refractivity (Wildman–Crippen MR) is 200 cm³/mol. The Bertz CT molecular complexity index is 2060. The van der Waals surface area contributed by atoms with Crippen molar-refractivity contribution in [3.05, 3.63) is 98.5 Å². The van der Waals surface area contributed by atoms with E-state index in [1.807, 2.05) is 24.3 Å². The maximum Gasteiger partial charge on any atom is 0.271 e. The van der Waals surface area contributed by atoms with Gasteiger partial charge in [-0.2, -0.15) is 0 Å². The Morgan fingerprint density at radius 2 is 1.84 bits per heavy atom. The van der Waals surface area contributed by atoms with Gasteiger partial charge in [0, 0.05) is 47.6 Å². The number of carbonyl (C=O) groups excluding carboxylic acids is 1. The second-order valence-corrected chi connectivity index (χ2v) is 18.5. The fourth-order valence-corrected chi connectivity index (χ4v) is 9.39. The highest BCUT2D eigenvalue weighted by Crippen LogP contribution is 2.47. The zero-order chi connectivity index (χ0) is 35.8. The van der Waals surface area contributed by atoms with Crippen LogP contribution in [0.5, 0.6) is 0 Å². The normalized spacial score (nSPS) is 16.6. The molecule has 2 aliphatic heterocycles. The second kappa shape index (κ2) is 14.4. The number of morpholine rings is 1. The van der Waals surface area contributed by atoms with Crippen LogP contribution in [0.3, 0.4) is 0 Å². The number of hydrogen-bond donors (Lipinski definition) is 2. The SMILES string of the molecule is C[Si](C)OC(c1c(-c2c[nH]c(=O)c(Nc3ccc(C(=O)N4CCOCC4)cn3)c2)cccc1N1CCc2cc(Br)ccc2S1(=O)=O)C(C)(C)C. The third-order valence-corrected chi connectivity index (χ3v) is 11.8. The molecule has 2 aromatic heterocycles. The first kappa shape index (κ1) is 36.0. The van der Waals surface area contributed by atoms with Crippen LogP contribution in [0.2, 0.25) is 13.1 Å². The average molecular weight is 780 g/mol. The first-order chi connectivity index (χ1) is 23.7. The van der Waals surface area contributed by atoms with Crippen molar-refractivity contribution < 1.29 is 22.4 Å². The van der Waals surface area contributed by atoms with Crippen LogP contribution in [-0.4, -0.2) is 71.1 Å². The van der Waals surface area contributed by atoms with Gasteiger partial charge in [-0.25, -0.2) is 13.4 Å². The minimum absolute atomic E-state index is 0.119. The minimum Gasteiger partial charge on any atom is -0.410 e. The van der Waals surface area contributed by atoms with Gasteiger partial charge in [0.25, 0.3) is 21.5 Å². The van der Waals surface area contributed by atoms with Gasteiger partial charge in [0.15, 0.2) is 0 Å². The molecule has 0 bridgehead atoms. The Hall–Kier alpha value is -3.82. The molecule has 6 rings (SSSR count). The van der Waals surface area contributed by atoms with Crippen LogP contribution in [0, 0.1) is 5.41 Å². The Kier molecular flexibility index (Phi) is 10.4. The first-order valence-corrected chi connectivity index (χ1v) is 21.1. The van der Waals surface area contributed by atoms with Crippen LogP contribution in [0.4, 0.5) is 17.2 Å². The summed E-state index contributed by atoms with van der Waals surface area (Å²) in [7, 11) is -5.15. The predicted octanol–water partition coefficient (Wildman–Crippen LogP) is 6.52. The van der Waals surface area contributed by atoms with E-state index in [4.69, 9.17) is 9.16 Å². The third kappa shape index (κ3) is 7.44. The molecule has 50 heavy (non-hydrogen) atoms. The van der Waals surface area contributed by atoms with E-state index in [0.29, 0.717) is 55.4 Å². The van der Waals surface area contributed by atoms with Crippen molar-refractivity contribution in [1.82, 2.24) is 14.9 Å². The van der Waals surface area contributed by atoms with Crippen LogP contribution in [0.25, 0.3) is 11.1 Å². The molecule has 0 spiro atoms. The molecule has 1 saturated heterocycles. The van der Waals surface area contributed by atoms with Gasteiger partial charge < -0.3 is 24.4 Å². The number of fused-ring (bicyclic) bond motifs is 1. The number of rotatable bonds is 8. The van der Waals surface area contributed by atoms with Gasteiger partial charge >= 0.3 is 0 Å². The van der Waals surface area contributed by atoms with E-state index in [9.17, 15) is 18.0 Å². The number of aromatic nitrogens is 2. The summed E-state index contributed by atoms with van der Waals surface area (Å²) in [6.07, 6.45) is 3.21. The number of nitrogens with one attached hydrogen (secondary N) is 2. The fourth-order valence-electron chi connectivity index (χ4n) is 6.32. The molecule has 1 radical (unpaired) electrons. The molecule has 0 aliphatic carbocycles. The quantitative estimate of drug-likeness (QED) is 0.193. The molecule has 2 aromatic carbocycles. The van der Waals surface area contributed by atoms with Crippen molar-refractivity contribution in [3.8, 4) is 11.1 Å². The van der Waals surface area contributed by atoms with Gasteiger partial charge in [-0.05, 0) is 78.5 Å². The van der Waals surface area contributed by atoms with Crippen molar-refractivity contribution in [2.75, 3.05) is 42.5 Å². The van der Waals surface area contributed by atoms with Crippen LogP contribution < -0.4 is 15.2 Å². The highest BCUT2D eigenvalue weighted by molar-refractivity contribution is 9.10. The summed E-state index contributed by atoms with van der Waals surface area (Å²) in [5.41, 5.74) is 3.37. The summed E-state index contributed by atoms with van der Waals surface area (Å²) in [5.74, 6) is 0.274. The van der Waals surface area contributed by atoms with Crippen molar-refractivity contribution in [2.24, 2.45) is 5.41 Å². The summed E-state index contributed by atoms with van der Waals surface area (Å²) in [6, 6.07) is 16.0. The van der Waals surface area contributed by atoms with E-state index < -0.39 is 30.6 Å². The van der Waals surface area contributed by atoms with Crippen LogP contribution in [-0.2, 0) is 25.6 Å². The topological polar surface area (TPSA) is 134 Å². The van der Waals surface area contributed by atoms with E-state index in [1.54, 1.807) is 41.4 Å². The van der Waals surface area contributed by atoms with Crippen LogP contribution >= 0.6 is 15.9 Å². The molecule has 1 unspecified atom stereocenters. The maximum atomic E-state index is 14.3. The zero-order valence-electron chi connectivity index (χ0n) is 28.7. The van der Waals surface area contributed by atoms with Crippen molar-refractivity contribution >= 4 is 58.1 Å². The molecule has 0 saturated carbocycles. The molecule has 1 amide bonds. The summed E-state index contributed by atoms with van der Waals surface area (Å²) >= 11 is 3.48. The van der Waals surface area contributed by atoms with E-state index in [-0.39, 0.29) is 28.6 Å². The first-order valence-electron chi connectivity index (χ1n) is 16.5. The van der Waals surface area contributed by atoms with Gasteiger partial charge in [-0.15, -0.1) is 0 Å². The van der Waals surface area contributed by atoms with Gasteiger partial charge in [-0.1, -0.05) is 48.8 Å². The number of halogens is 1. The number of nitrogens with zero attached hydrogens (tertiary/aromatic N) is 3. The number of anilines is 3. The molecule has 4 heterocycles. The number of pyridine rings is 2. The lowest BCUT2D eigenvalue weighted by Crippen LogP contribution is -2.40. The summed E-state index contributed by atoms with van der Waals surface area (Å²) < 4.78 is 42.9. The number of ether oxygens (including phenoxy) is 1. The van der Waals surface area contributed by atoms with Crippen LogP contribution in [0.15, 0.2) is 81.2 Å². The largest absolute Gasteiger partial charge is 0.410 e. The molecule has 14 heteroatoms. The lowest BCUT2D eigenvalue weighted by Gasteiger charge is -2.38. The Morgan fingerprint density at radius 1 is 1.08 bits per heavy atom. The van der Waals surface area contributed by atoms with E-state index >= 15 is 0 Å². The number of H-pyrrole nitrogens is 1. The van der Waals surface area contributed by atoms with Gasteiger partial charge in [0.1, 0.15) is 11.5 Å². The van der Waals surface area contributed by atoms with Gasteiger partial charge in [-0.3, -0.25) is 13.9 Å². The van der Waals surface area contributed by atoms with Crippen LogP contribution in [0.1, 0.15) is 48.4 Å². The molecule has 263 valence electrons. The van der Waals surface area contributed by atoms with E-state index in [2.05, 4.69) is 65.1 Å². The monoisotopic (exact) mass is 778 g/mol. The number of hydrogen-bond acceptors (Lipinski definition) is 8. The highest BCUT2D eigenvalue weighted by atomic mass is 79.9. The van der Waals surface area contributed by atoms with E-state index in [0.717, 1.165) is 21.2 Å². The fraction of sp³-hybridized carbons (Fsp3) is 0.361. The lowest BCUT2D eigenvalue weighted by atomic mass is 9.81. The molecular formula is C36H41BrN5O6SSi. The summed E-state index contributed by atoms with van der Waals surface area (Å²) in [6.45, 7) is 12.7. The highest BCUT2D eigenvalue weighted by Gasteiger charge is 2.38. The average Bonchev–Trinajstić information content (AvgIpc) is 3.08. The lowest BCUT2D eigenvalue weighted by molar-refractivity contribution is 0.0302. The molecule has 1 fully saturated rings. The number of sulfonamides is 1.